The molecule has 1 saturated carbocycles. The normalized spacial score (nSPS) is 25.7. The Kier molecular flexibility index (Phi) is 7.30. The predicted octanol–water partition coefficient (Wildman–Crippen LogP) is 2.52. The minimum Gasteiger partial charge on any atom is -0.444 e. The van der Waals surface area contributed by atoms with Crippen molar-refractivity contribution in [1.82, 2.24) is 14.8 Å². The van der Waals surface area contributed by atoms with Gasteiger partial charge in [0.2, 0.25) is 5.66 Å². The van der Waals surface area contributed by atoms with Crippen molar-refractivity contribution in [2.75, 3.05) is 6.54 Å². The summed E-state index contributed by atoms with van der Waals surface area (Å²) in [6.45, 7) is 3.66. The van der Waals surface area contributed by atoms with Gasteiger partial charge >= 0.3 is 23.9 Å². The van der Waals surface area contributed by atoms with Crippen LogP contribution in [-0.2, 0) is 30.5 Å². The van der Waals surface area contributed by atoms with Crippen molar-refractivity contribution in [1.29, 1.82) is 0 Å². The largest absolute Gasteiger partial charge is 0.444 e. The number of esters is 1. The molecule has 3 fully saturated rings. The van der Waals surface area contributed by atoms with Gasteiger partial charge in [-0.1, -0.05) is 63.4 Å². The van der Waals surface area contributed by atoms with Crippen LogP contribution in [0.3, 0.4) is 0 Å². The Morgan fingerprint density at radius 3 is 2.43 bits per heavy atom. The number of nitrogens with two attached hydrogens (primary N) is 1. The van der Waals surface area contributed by atoms with Gasteiger partial charge in [-0.25, -0.2) is 20.4 Å². The number of carbonyl (C=O) groups excluding carboxylic acids is 4. The molecular weight excluding hydrogens is 452 g/mol. The SMILES string of the molecule is CC(C)C1(N(C(=O)OCc2ccccc2)C2CCCCC2)C(=O)OC2CCCN2C(=O)C(=O)N1N. The van der Waals surface area contributed by atoms with Gasteiger partial charge in [0.05, 0.1) is 0 Å². The first-order valence-corrected chi connectivity index (χ1v) is 12.4. The molecule has 4 rings (SSSR count). The highest BCUT2D eigenvalue weighted by Gasteiger charge is 2.62. The number of rotatable bonds is 5. The average Bonchev–Trinajstić information content (AvgIpc) is 3.32. The molecule has 3 aliphatic rings. The number of benzene rings is 1. The lowest BCUT2D eigenvalue weighted by Gasteiger charge is -2.52. The van der Waals surface area contributed by atoms with Gasteiger partial charge in [0, 0.05) is 24.9 Å². The zero-order valence-corrected chi connectivity index (χ0v) is 20.4. The molecule has 1 aromatic carbocycles. The van der Waals surface area contributed by atoms with Gasteiger partial charge in [0.1, 0.15) is 6.61 Å². The minimum atomic E-state index is -2.03. The molecule has 1 aromatic rings. The molecule has 35 heavy (non-hydrogen) atoms. The first-order valence-electron chi connectivity index (χ1n) is 12.4. The Balaban J connectivity index is 1.77. The second kappa shape index (κ2) is 10.2. The van der Waals surface area contributed by atoms with Crippen LogP contribution in [0.2, 0.25) is 0 Å². The number of carbonyl (C=O) groups is 4. The Bertz CT molecular complexity index is 964. The van der Waals surface area contributed by atoms with Crippen LogP contribution in [0.5, 0.6) is 0 Å². The van der Waals surface area contributed by atoms with Gasteiger partial charge in [0.15, 0.2) is 6.23 Å². The number of hydrogen-bond acceptors (Lipinski definition) is 7. The standard InChI is InChI=1S/C25H34N4O6/c1-17(2)25(23(32)35-20-14-9-15-27(20)21(30)22(31)29(25)26)28(19-12-7-4-8-13-19)24(33)34-16-18-10-5-3-6-11-18/h3,5-6,10-11,17,19-20H,4,7-9,12-16,26H2,1-2H3. The van der Waals surface area contributed by atoms with Gasteiger partial charge in [-0.15, -0.1) is 0 Å². The molecule has 2 aliphatic heterocycles. The van der Waals surface area contributed by atoms with Gasteiger partial charge in [-0.2, -0.15) is 0 Å². The first kappa shape index (κ1) is 25.0. The van der Waals surface area contributed by atoms with Crippen LogP contribution in [0, 0.1) is 5.92 Å². The zero-order chi connectivity index (χ0) is 25.2. The number of fused-ring (bicyclic) bond motifs is 1. The van der Waals surface area contributed by atoms with E-state index < -0.39 is 47.7 Å². The third-order valence-corrected chi connectivity index (χ3v) is 7.29. The summed E-state index contributed by atoms with van der Waals surface area (Å²) >= 11 is 0. The number of amides is 3. The number of nitrogens with zero attached hydrogens (tertiary/aromatic N) is 3. The van der Waals surface area contributed by atoms with E-state index in [1.165, 1.54) is 9.80 Å². The van der Waals surface area contributed by atoms with Gasteiger partial charge in [-0.3, -0.25) is 19.4 Å². The summed E-state index contributed by atoms with van der Waals surface area (Å²) in [5.74, 6) is 2.94. The summed E-state index contributed by atoms with van der Waals surface area (Å²) in [6, 6.07) is 8.78. The van der Waals surface area contributed by atoms with E-state index in [0.717, 1.165) is 24.8 Å². The third-order valence-electron chi connectivity index (χ3n) is 7.29. The zero-order valence-electron chi connectivity index (χ0n) is 20.4. The first-order chi connectivity index (χ1) is 16.8. The summed E-state index contributed by atoms with van der Waals surface area (Å²) in [6.07, 6.45) is 3.33. The molecule has 3 amide bonds. The monoisotopic (exact) mass is 486 g/mol. The van der Waals surface area contributed by atoms with Crippen molar-refractivity contribution in [3.8, 4) is 0 Å². The highest BCUT2D eigenvalue weighted by atomic mass is 16.6. The van der Waals surface area contributed by atoms with Crippen LogP contribution in [0.25, 0.3) is 0 Å². The number of ether oxygens (including phenoxy) is 2. The van der Waals surface area contributed by atoms with Gasteiger partial charge in [-0.05, 0) is 24.8 Å². The highest BCUT2D eigenvalue weighted by molar-refractivity contribution is 6.35. The molecule has 10 nitrogen and oxygen atoms in total. The van der Waals surface area contributed by atoms with Crippen LogP contribution in [0.1, 0.15) is 64.4 Å². The fourth-order valence-electron chi connectivity index (χ4n) is 5.48. The van der Waals surface area contributed by atoms with Crippen LogP contribution in [0.4, 0.5) is 4.79 Å². The van der Waals surface area contributed by atoms with Crippen molar-refractivity contribution in [2.24, 2.45) is 11.8 Å². The van der Waals surface area contributed by atoms with Crippen molar-refractivity contribution >= 4 is 23.9 Å². The molecule has 0 spiro atoms. The Hall–Kier alpha value is -3.14. The van der Waals surface area contributed by atoms with Crippen molar-refractivity contribution < 1.29 is 28.7 Å². The molecule has 0 bridgehead atoms. The van der Waals surface area contributed by atoms with E-state index in [0.29, 0.717) is 37.2 Å². The summed E-state index contributed by atoms with van der Waals surface area (Å²) < 4.78 is 11.5. The van der Waals surface area contributed by atoms with E-state index in [4.69, 9.17) is 15.3 Å². The molecule has 0 aromatic heterocycles. The maximum Gasteiger partial charge on any atom is 0.412 e. The van der Waals surface area contributed by atoms with E-state index in [-0.39, 0.29) is 6.61 Å². The quantitative estimate of drug-likeness (QED) is 0.294. The fourth-order valence-corrected chi connectivity index (χ4v) is 5.48. The number of hydrazine groups is 1. The van der Waals surface area contributed by atoms with Gasteiger partial charge < -0.3 is 9.47 Å². The maximum absolute atomic E-state index is 13.9. The lowest BCUT2D eigenvalue weighted by atomic mass is 9.86. The van der Waals surface area contributed by atoms with E-state index in [2.05, 4.69) is 0 Å². The summed E-state index contributed by atoms with van der Waals surface area (Å²) in [7, 11) is 0. The van der Waals surface area contributed by atoms with E-state index in [9.17, 15) is 19.2 Å². The Morgan fingerprint density at radius 1 is 1.09 bits per heavy atom. The highest BCUT2D eigenvalue weighted by Crippen LogP contribution is 2.39. The molecule has 2 atom stereocenters. The molecule has 2 heterocycles. The van der Waals surface area contributed by atoms with Crippen LogP contribution in [0.15, 0.2) is 30.3 Å². The second-order valence-corrected chi connectivity index (χ2v) is 9.76. The Labute approximate surface area is 205 Å². The molecule has 2 unspecified atom stereocenters. The van der Waals surface area contributed by atoms with Crippen LogP contribution in [-0.4, -0.2) is 63.2 Å². The average molecular weight is 487 g/mol. The predicted molar refractivity (Wildman–Crippen MR) is 125 cm³/mol. The van der Waals surface area contributed by atoms with Crippen molar-refractivity contribution in [3.05, 3.63) is 35.9 Å². The molecular formula is C25H34N4O6. The second-order valence-electron chi connectivity index (χ2n) is 9.76. The molecule has 2 N–H and O–H groups in total. The minimum absolute atomic E-state index is 0.0139. The van der Waals surface area contributed by atoms with E-state index in [1.54, 1.807) is 13.8 Å². The fraction of sp³-hybridized carbons (Fsp3) is 0.600. The maximum atomic E-state index is 13.9. The summed E-state index contributed by atoms with van der Waals surface area (Å²) in [4.78, 5) is 56.5. The molecule has 10 heteroatoms. The van der Waals surface area contributed by atoms with Crippen LogP contribution >= 0.6 is 0 Å². The molecule has 2 saturated heterocycles. The lowest BCUT2D eigenvalue weighted by Crippen LogP contribution is -2.77. The third kappa shape index (κ3) is 4.47. The molecule has 0 radical (unpaired) electrons. The van der Waals surface area contributed by atoms with E-state index in [1.807, 2.05) is 30.3 Å². The number of hydrogen-bond donors (Lipinski definition) is 1. The summed E-state index contributed by atoms with van der Waals surface area (Å²) in [5.41, 5.74) is -1.25. The molecule has 1 aliphatic carbocycles. The smallest absolute Gasteiger partial charge is 0.412 e. The van der Waals surface area contributed by atoms with Crippen molar-refractivity contribution in [2.45, 2.75) is 83.3 Å². The summed E-state index contributed by atoms with van der Waals surface area (Å²) in [5, 5.41) is 0.620. The Morgan fingerprint density at radius 2 is 1.77 bits per heavy atom. The van der Waals surface area contributed by atoms with E-state index >= 15 is 0 Å². The van der Waals surface area contributed by atoms with Crippen LogP contribution < -0.4 is 5.84 Å². The van der Waals surface area contributed by atoms with Gasteiger partial charge in [0.25, 0.3) is 0 Å². The van der Waals surface area contributed by atoms with Crippen molar-refractivity contribution in [3.63, 3.8) is 0 Å². The molecule has 190 valence electrons. The topological polar surface area (TPSA) is 122 Å². The lowest BCUT2D eigenvalue weighted by molar-refractivity contribution is -0.208.